The Labute approximate surface area is 118 Å². The van der Waals surface area contributed by atoms with Crippen LogP contribution >= 0.6 is 11.3 Å². The number of anilines is 1. The van der Waals surface area contributed by atoms with Gasteiger partial charge in [-0.25, -0.2) is 8.78 Å². The first-order valence-corrected chi connectivity index (χ1v) is 6.84. The Hall–Kier alpha value is -1.89. The zero-order chi connectivity index (χ0) is 14.7. The number of benzene rings is 1. The van der Waals surface area contributed by atoms with Crippen LogP contribution in [0, 0.1) is 17.6 Å². The molecule has 0 saturated heterocycles. The molecule has 1 N–H and O–H groups in total. The molecule has 0 aliphatic heterocycles. The lowest BCUT2D eigenvalue weighted by molar-refractivity contribution is -0.118. The van der Waals surface area contributed by atoms with Crippen LogP contribution < -0.4 is 5.32 Å². The van der Waals surface area contributed by atoms with Gasteiger partial charge in [0, 0.05) is 12.3 Å². The van der Waals surface area contributed by atoms with Crippen LogP contribution in [-0.4, -0.2) is 16.1 Å². The van der Waals surface area contributed by atoms with E-state index in [4.69, 9.17) is 0 Å². The van der Waals surface area contributed by atoms with Crippen LogP contribution in [0.25, 0.3) is 0 Å². The lowest BCUT2D eigenvalue weighted by atomic mass is 10.1. The van der Waals surface area contributed by atoms with E-state index in [-0.39, 0.29) is 23.8 Å². The Kier molecular flexibility index (Phi) is 4.39. The zero-order valence-electron chi connectivity index (χ0n) is 11.0. The molecule has 0 atom stereocenters. The average molecular weight is 297 g/mol. The van der Waals surface area contributed by atoms with Crippen molar-refractivity contribution in [3.63, 3.8) is 0 Å². The van der Waals surface area contributed by atoms with Gasteiger partial charge in [0.15, 0.2) is 0 Å². The normalized spacial score (nSPS) is 10.8. The van der Waals surface area contributed by atoms with Gasteiger partial charge < -0.3 is 5.32 Å². The molecule has 0 saturated carbocycles. The Morgan fingerprint density at radius 2 is 2.10 bits per heavy atom. The third-order valence-electron chi connectivity index (χ3n) is 2.57. The lowest BCUT2D eigenvalue weighted by Gasteiger charge is -2.02. The summed E-state index contributed by atoms with van der Waals surface area (Å²) >= 11 is 1.14. The number of nitrogens with zero attached hydrogens (tertiary/aromatic N) is 2. The number of hydrogen-bond donors (Lipinski definition) is 1. The van der Waals surface area contributed by atoms with Crippen molar-refractivity contribution in [1.29, 1.82) is 0 Å². The smallest absolute Gasteiger partial charge is 0.228 e. The summed E-state index contributed by atoms with van der Waals surface area (Å²) in [4.78, 5) is 11.5. The molecular formula is C13H13F2N3OS. The molecule has 0 bridgehead atoms. The van der Waals surface area contributed by atoms with E-state index in [9.17, 15) is 13.6 Å². The third-order valence-corrected chi connectivity index (χ3v) is 3.41. The van der Waals surface area contributed by atoms with Gasteiger partial charge >= 0.3 is 0 Å². The van der Waals surface area contributed by atoms with Crippen molar-refractivity contribution in [3.05, 3.63) is 40.4 Å². The first-order chi connectivity index (χ1) is 9.45. The molecule has 1 aromatic heterocycles. The fourth-order valence-corrected chi connectivity index (χ4v) is 2.23. The van der Waals surface area contributed by atoms with E-state index < -0.39 is 11.6 Å². The second-order valence-electron chi connectivity index (χ2n) is 4.56. The highest BCUT2D eigenvalue weighted by molar-refractivity contribution is 7.15. The first-order valence-electron chi connectivity index (χ1n) is 6.03. The van der Waals surface area contributed by atoms with Crippen molar-refractivity contribution in [2.24, 2.45) is 5.92 Å². The topological polar surface area (TPSA) is 54.9 Å². The minimum Gasteiger partial charge on any atom is -0.300 e. The summed E-state index contributed by atoms with van der Waals surface area (Å²) in [5.41, 5.74) is 0.211. The second-order valence-corrected chi connectivity index (χ2v) is 5.62. The molecule has 1 heterocycles. The Balaban J connectivity index is 2.09. The summed E-state index contributed by atoms with van der Waals surface area (Å²) in [6, 6.07) is 3.27. The molecule has 1 amide bonds. The minimum atomic E-state index is -0.501. The van der Waals surface area contributed by atoms with Crippen LogP contribution in [-0.2, 0) is 11.2 Å². The van der Waals surface area contributed by atoms with E-state index in [1.165, 1.54) is 0 Å². The molecule has 0 spiro atoms. The van der Waals surface area contributed by atoms with Gasteiger partial charge in [-0.1, -0.05) is 25.2 Å². The molecule has 2 aromatic rings. The highest BCUT2D eigenvalue weighted by Crippen LogP contribution is 2.21. The molecule has 0 fully saturated rings. The lowest BCUT2D eigenvalue weighted by Crippen LogP contribution is -2.17. The van der Waals surface area contributed by atoms with Crippen LogP contribution in [0.2, 0.25) is 0 Å². The molecule has 0 aliphatic carbocycles. The van der Waals surface area contributed by atoms with E-state index in [0.29, 0.717) is 10.1 Å². The Morgan fingerprint density at radius 1 is 1.35 bits per heavy atom. The van der Waals surface area contributed by atoms with Crippen LogP contribution in [0.1, 0.15) is 24.4 Å². The number of nitrogens with one attached hydrogen (secondary N) is 1. The van der Waals surface area contributed by atoms with E-state index in [1.807, 2.05) is 0 Å². The molecule has 0 unspecified atom stereocenters. The van der Waals surface area contributed by atoms with Crippen molar-refractivity contribution >= 4 is 22.4 Å². The van der Waals surface area contributed by atoms with Crippen molar-refractivity contribution in [2.75, 3.05) is 5.32 Å². The summed E-state index contributed by atoms with van der Waals surface area (Å²) in [7, 11) is 0. The highest BCUT2D eigenvalue weighted by atomic mass is 32.1. The quantitative estimate of drug-likeness (QED) is 0.944. The van der Waals surface area contributed by atoms with Crippen LogP contribution in [0.4, 0.5) is 13.9 Å². The molecular weight excluding hydrogens is 284 g/mol. The van der Waals surface area contributed by atoms with E-state index in [1.54, 1.807) is 13.8 Å². The molecule has 0 radical (unpaired) electrons. The maximum Gasteiger partial charge on any atom is 0.228 e. The van der Waals surface area contributed by atoms with Gasteiger partial charge in [0.05, 0.1) is 0 Å². The van der Waals surface area contributed by atoms with Gasteiger partial charge in [-0.15, -0.1) is 10.2 Å². The van der Waals surface area contributed by atoms with Crippen LogP contribution in [0.3, 0.4) is 0 Å². The first kappa shape index (κ1) is 14.5. The van der Waals surface area contributed by atoms with Gasteiger partial charge in [0.2, 0.25) is 11.0 Å². The standard InChI is InChI=1S/C13H13F2N3OS/c1-7(2)12(19)16-13-18-17-11(20-13)6-8-5-9(14)3-4-10(8)15/h3-5,7H,6H2,1-2H3,(H,16,18,19). The van der Waals surface area contributed by atoms with Gasteiger partial charge in [-0.05, 0) is 23.8 Å². The molecule has 4 nitrogen and oxygen atoms in total. The summed E-state index contributed by atoms with van der Waals surface area (Å²) < 4.78 is 26.6. The summed E-state index contributed by atoms with van der Waals surface area (Å²) in [6.45, 7) is 3.53. The fraction of sp³-hybridized carbons (Fsp3) is 0.308. The summed E-state index contributed by atoms with van der Waals surface area (Å²) in [6.07, 6.45) is 0.138. The molecule has 7 heteroatoms. The van der Waals surface area contributed by atoms with E-state index in [2.05, 4.69) is 15.5 Å². The van der Waals surface area contributed by atoms with Crippen LogP contribution in [0.5, 0.6) is 0 Å². The predicted molar refractivity (Wildman–Crippen MR) is 72.5 cm³/mol. The molecule has 0 aliphatic rings. The zero-order valence-corrected chi connectivity index (χ0v) is 11.8. The van der Waals surface area contributed by atoms with E-state index >= 15 is 0 Å². The number of aromatic nitrogens is 2. The van der Waals surface area contributed by atoms with Crippen molar-refractivity contribution in [1.82, 2.24) is 10.2 Å². The maximum absolute atomic E-state index is 13.5. The number of carbonyl (C=O) groups is 1. The van der Waals surface area contributed by atoms with Crippen LogP contribution in [0.15, 0.2) is 18.2 Å². The Morgan fingerprint density at radius 3 is 2.80 bits per heavy atom. The van der Waals surface area contributed by atoms with E-state index in [0.717, 1.165) is 29.5 Å². The predicted octanol–water partition coefficient (Wildman–Crippen LogP) is 3.00. The number of amides is 1. The summed E-state index contributed by atoms with van der Waals surface area (Å²) in [5.74, 6) is -1.32. The summed E-state index contributed by atoms with van der Waals surface area (Å²) in [5, 5.41) is 11.1. The third kappa shape index (κ3) is 3.57. The minimum absolute atomic E-state index is 0.138. The monoisotopic (exact) mass is 297 g/mol. The molecule has 1 aromatic carbocycles. The molecule has 20 heavy (non-hydrogen) atoms. The van der Waals surface area contributed by atoms with Gasteiger partial charge in [-0.3, -0.25) is 4.79 Å². The van der Waals surface area contributed by atoms with Gasteiger partial charge in [0.1, 0.15) is 16.6 Å². The number of halogens is 2. The largest absolute Gasteiger partial charge is 0.300 e. The fourth-order valence-electron chi connectivity index (χ4n) is 1.47. The maximum atomic E-state index is 13.5. The average Bonchev–Trinajstić information content (AvgIpc) is 2.81. The number of hydrogen-bond acceptors (Lipinski definition) is 4. The van der Waals surface area contributed by atoms with Gasteiger partial charge in [0.25, 0.3) is 0 Å². The molecule has 2 rings (SSSR count). The van der Waals surface area contributed by atoms with Crippen molar-refractivity contribution < 1.29 is 13.6 Å². The SMILES string of the molecule is CC(C)C(=O)Nc1nnc(Cc2cc(F)ccc2F)s1. The van der Waals surface area contributed by atoms with Crippen molar-refractivity contribution in [2.45, 2.75) is 20.3 Å². The number of rotatable bonds is 4. The van der Waals surface area contributed by atoms with Gasteiger partial charge in [-0.2, -0.15) is 0 Å². The highest BCUT2D eigenvalue weighted by Gasteiger charge is 2.13. The second kappa shape index (κ2) is 6.04. The molecule has 106 valence electrons. The Bertz CT molecular complexity index is 628. The number of carbonyl (C=O) groups excluding carboxylic acids is 1. The van der Waals surface area contributed by atoms with Crippen molar-refractivity contribution in [3.8, 4) is 0 Å².